The molecule has 2 unspecified atom stereocenters. The summed E-state index contributed by atoms with van der Waals surface area (Å²) in [6.07, 6.45) is 5.54. The topological polar surface area (TPSA) is 105 Å². The highest BCUT2D eigenvalue weighted by Crippen LogP contribution is 2.39. The van der Waals surface area contributed by atoms with Crippen LogP contribution in [-0.2, 0) is 11.2 Å². The lowest BCUT2D eigenvalue weighted by Crippen LogP contribution is -2.40. The molecule has 1 aromatic rings. The van der Waals surface area contributed by atoms with Crippen LogP contribution >= 0.6 is 0 Å². The predicted molar refractivity (Wildman–Crippen MR) is 110 cm³/mol. The summed E-state index contributed by atoms with van der Waals surface area (Å²) >= 11 is 0. The Morgan fingerprint density at radius 1 is 1.24 bits per heavy atom. The molecule has 1 aromatic carbocycles. The van der Waals surface area contributed by atoms with Gasteiger partial charge in [-0.05, 0) is 70.5 Å². The second kappa shape index (κ2) is 8.90. The van der Waals surface area contributed by atoms with Gasteiger partial charge in [-0.25, -0.2) is 0 Å². The number of nitrogens with one attached hydrogen (secondary N) is 2. The van der Waals surface area contributed by atoms with E-state index in [1.165, 1.54) is 18.9 Å². The first-order valence-electron chi connectivity index (χ1n) is 10.3. The molecule has 3 rings (SSSR count). The van der Waals surface area contributed by atoms with E-state index in [0.717, 1.165) is 24.8 Å². The third-order valence-electron chi connectivity index (χ3n) is 6.08. The number of amides is 2. The molecule has 2 aliphatic rings. The van der Waals surface area contributed by atoms with Crippen molar-refractivity contribution >= 4 is 17.5 Å². The van der Waals surface area contributed by atoms with Crippen molar-refractivity contribution in [3.8, 4) is 0 Å². The lowest BCUT2D eigenvalue weighted by atomic mass is 9.85. The van der Waals surface area contributed by atoms with E-state index in [0.29, 0.717) is 18.0 Å². The summed E-state index contributed by atoms with van der Waals surface area (Å²) in [5.41, 5.74) is 0.709. The second-order valence-electron chi connectivity index (χ2n) is 8.61. The van der Waals surface area contributed by atoms with E-state index in [1.807, 2.05) is 13.8 Å². The fourth-order valence-electron chi connectivity index (χ4n) is 4.70. The Balaban J connectivity index is 1.70. The maximum atomic E-state index is 12.6. The van der Waals surface area contributed by atoms with Gasteiger partial charge in [-0.15, -0.1) is 0 Å². The monoisotopic (exact) mass is 402 g/mol. The maximum Gasteiger partial charge on any atom is 0.282 e. The summed E-state index contributed by atoms with van der Waals surface area (Å²) in [4.78, 5) is 37.6. The van der Waals surface area contributed by atoms with Gasteiger partial charge in [-0.3, -0.25) is 19.7 Å². The molecule has 0 spiro atoms. The first kappa shape index (κ1) is 21.2. The summed E-state index contributed by atoms with van der Waals surface area (Å²) in [5.74, 6) is -0.396. The van der Waals surface area contributed by atoms with Crippen molar-refractivity contribution in [1.29, 1.82) is 0 Å². The molecule has 158 valence electrons. The third kappa shape index (κ3) is 5.12. The normalized spacial score (nSPS) is 23.8. The zero-order chi connectivity index (χ0) is 21.1. The number of piperidine rings is 1. The third-order valence-corrected chi connectivity index (χ3v) is 6.08. The Morgan fingerprint density at radius 2 is 1.90 bits per heavy atom. The number of nitro groups is 1. The summed E-state index contributed by atoms with van der Waals surface area (Å²) in [6, 6.07) is 5.98. The molecule has 0 aliphatic carbocycles. The van der Waals surface area contributed by atoms with Crippen LogP contribution in [0.3, 0.4) is 0 Å². The molecule has 2 amide bonds. The van der Waals surface area contributed by atoms with Crippen LogP contribution in [0, 0.1) is 16.0 Å². The van der Waals surface area contributed by atoms with E-state index in [-0.39, 0.29) is 29.7 Å². The van der Waals surface area contributed by atoms with Crippen molar-refractivity contribution in [1.82, 2.24) is 15.5 Å². The average molecular weight is 402 g/mol. The first-order chi connectivity index (χ1) is 13.7. The Labute approximate surface area is 171 Å². The van der Waals surface area contributed by atoms with Crippen LogP contribution in [-0.4, -0.2) is 53.4 Å². The smallest absolute Gasteiger partial charge is 0.282 e. The maximum absolute atomic E-state index is 12.6. The number of benzene rings is 1. The van der Waals surface area contributed by atoms with Crippen LogP contribution in [0.4, 0.5) is 5.69 Å². The van der Waals surface area contributed by atoms with Crippen LogP contribution in [0.15, 0.2) is 18.2 Å². The number of nitro benzene ring substituents is 1. The summed E-state index contributed by atoms with van der Waals surface area (Å²) < 4.78 is 0. The van der Waals surface area contributed by atoms with E-state index in [9.17, 15) is 19.7 Å². The van der Waals surface area contributed by atoms with Crippen LogP contribution in [0.25, 0.3) is 0 Å². The molecule has 2 fully saturated rings. The first-order valence-corrected chi connectivity index (χ1v) is 10.3. The molecule has 2 saturated heterocycles. The molecule has 2 aliphatic heterocycles. The zero-order valence-corrected chi connectivity index (χ0v) is 17.3. The van der Waals surface area contributed by atoms with Crippen LogP contribution in [0.2, 0.25) is 0 Å². The molecule has 2 N–H and O–H groups in total. The number of fused-ring (bicyclic) bond motifs is 2. The highest BCUT2D eigenvalue weighted by molar-refractivity contribution is 6.00. The quantitative estimate of drug-likeness (QED) is 0.538. The van der Waals surface area contributed by atoms with Gasteiger partial charge in [0.2, 0.25) is 5.91 Å². The molecular formula is C21H30N4O4. The molecule has 2 heterocycles. The Morgan fingerprint density at radius 3 is 2.48 bits per heavy atom. The van der Waals surface area contributed by atoms with E-state index >= 15 is 0 Å². The minimum absolute atomic E-state index is 0.0146. The van der Waals surface area contributed by atoms with Crippen molar-refractivity contribution in [2.24, 2.45) is 5.92 Å². The van der Waals surface area contributed by atoms with Crippen LogP contribution in [0.1, 0.15) is 55.5 Å². The van der Waals surface area contributed by atoms with Gasteiger partial charge in [0.25, 0.3) is 11.6 Å². The SMILES string of the molecule is CC(C)NC(=O)CNC(=O)c1cc(CC2CC3CCC(C2)N3C)ccc1[N+](=O)[O-]. The van der Waals surface area contributed by atoms with Crippen LogP contribution in [0.5, 0.6) is 0 Å². The molecule has 29 heavy (non-hydrogen) atoms. The average Bonchev–Trinajstić information content (AvgIpc) is 2.86. The minimum atomic E-state index is -0.596. The predicted octanol–water partition coefficient (Wildman–Crippen LogP) is 2.26. The fourth-order valence-corrected chi connectivity index (χ4v) is 4.70. The van der Waals surface area contributed by atoms with Gasteiger partial charge >= 0.3 is 0 Å². The van der Waals surface area contributed by atoms with Crippen molar-refractivity contribution in [2.75, 3.05) is 13.6 Å². The van der Waals surface area contributed by atoms with Crippen molar-refractivity contribution in [2.45, 2.75) is 64.1 Å². The number of rotatable bonds is 7. The summed E-state index contributed by atoms with van der Waals surface area (Å²) in [6.45, 7) is 3.43. The zero-order valence-electron chi connectivity index (χ0n) is 17.3. The van der Waals surface area contributed by atoms with Gasteiger partial charge in [0.15, 0.2) is 0 Å². The Kier molecular flexibility index (Phi) is 6.52. The number of carbonyl (C=O) groups is 2. The van der Waals surface area contributed by atoms with E-state index < -0.39 is 10.8 Å². The highest BCUT2D eigenvalue weighted by Gasteiger charge is 2.38. The molecule has 2 atom stereocenters. The summed E-state index contributed by atoms with van der Waals surface area (Å²) in [5, 5.41) is 16.6. The van der Waals surface area contributed by atoms with Gasteiger partial charge < -0.3 is 15.5 Å². The molecule has 8 heteroatoms. The van der Waals surface area contributed by atoms with Crippen LogP contribution < -0.4 is 10.6 Å². The molecule has 2 bridgehead atoms. The Hall–Kier alpha value is -2.48. The van der Waals surface area contributed by atoms with E-state index in [1.54, 1.807) is 12.1 Å². The summed E-state index contributed by atoms with van der Waals surface area (Å²) in [7, 11) is 2.20. The van der Waals surface area contributed by atoms with E-state index in [2.05, 4.69) is 22.6 Å². The van der Waals surface area contributed by atoms with E-state index in [4.69, 9.17) is 0 Å². The van der Waals surface area contributed by atoms with Gasteiger partial charge in [0, 0.05) is 24.2 Å². The van der Waals surface area contributed by atoms with Crippen molar-refractivity contribution in [3.05, 3.63) is 39.4 Å². The largest absolute Gasteiger partial charge is 0.352 e. The second-order valence-corrected chi connectivity index (χ2v) is 8.61. The fraction of sp³-hybridized carbons (Fsp3) is 0.619. The Bertz CT molecular complexity index is 781. The van der Waals surface area contributed by atoms with Crippen molar-refractivity contribution in [3.63, 3.8) is 0 Å². The van der Waals surface area contributed by atoms with Gasteiger partial charge in [-0.2, -0.15) is 0 Å². The van der Waals surface area contributed by atoms with Gasteiger partial charge in [0.05, 0.1) is 11.5 Å². The van der Waals surface area contributed by atoms with Gasteiger partial charge in [0.1, 0.15) is 5.56 Å². The number of hydrogen-bond acceptors (Lipinski definition) is 5. The standard InChI is InChI=1S/C21H30N4O4/c1-13(2)23-20(26)12-22-21(27)18-11-14(4-7-19(18)25(28)29)8-15-9-16-5-6-17(10-15)24(16)3/h4,7,11,13,15-17H,5-6,8-10,12H2,1-3H3,(H,22,27)(H,23,26). The molecule has 0 aromatic heterocycles. The molecule has 0 radical (unpaired) electrons. The van der Waals surface area contributed by atoms with Crippen molar-refractivity contribution < 1.29 is 14.5 Å². The lowest BCUT2D eigenvalue weighted by molar-refractivity contribution is -0.385. The minimum Gasteiger partial charge on any atom is -0.352 e. The molecule has 8 nitrogen and oxygen atoms in total. The number of hydrogen-bond donors (Lipinski definition) is 2. The highest BCUT2D eigenvalue weighted by atomic mass is 16.6. The van der Waals surface area contributed by atoms with Gasteiger partial charge in [-0.1, -0.05) is 6.07 Å². The lowest BCUT2D eigenvalue weighted by Gasteiger charge is -2.36. The number of nitrogens with zero attached hydrogens (tertiary/aromatic N) is 2. The molecular weight excluding hydrogens is 372 g/mol. The molecule has 0 saturated carbocycles. The number of carbonyl (C=O) groups excluding carboxylic acids is 2.